The second-order valence-corrected chi connectivity index (χ2v) is 12.2. The van der Waals surface area contributed by atoms with Crippen molar-refractivity contribution in [2.45, 2.75) is 39.8 Å². The van der Waals surface area contributed by atoms with Crippen molar-refractivity contribution in [2.75, 3.05) is 16.4 Å². The fourth-order valence-corrected chi connectivity index (χ4v) is 7.34. The molecule has 0 aliphatic carbocycles. The summed E-state index contributed by atoms with van der Waals surface area (Å²) < 4.78 is 48.5. The van der Waals surface area contributed by atoms with Gasteiger partial charge in [0.2, 0.25) is 0 Å². The van der Waals surface area contributed by atoms with Crippen molar-refractivity contribution in [1.29, 1.82) is 0 Å². The number of ether oxygens (including phenoxy) is 1. The molecule has 2 heterocycles. The normalized spacial score (nSPS) is 19.8. The number of hydrogen-bond acceptors (Lipinski definition) is 6. The third kappa shape index (κ3) is 4.53. The zero-order chi connectivity index (χ0) is 25.7. The average molecular weight is 509 g/mol. The van der Waals surface area contributed by atoms with E-state index in [1.54, 1.807) is 24.3 Å². The van der Waals surface area contributed by atoms with Gasteiger partial charge in [-0.05, 0) is 48.1 Å². The number of phenolic OH excluding ortho intramolecular Hbond substituents is 1. The van der Waals surface area contributed by atoms with Crippen LogP contribution < -0.4 is 15.4 Å². The van der Waals surface area contributed by atoms with Crippen LogP contribution in [0.25, 0.3) is 0 Å². The monoisotopic (exact) mass is 508 g/mol. The molecule has 1 unspecified atom stereocenters. The Morgan fingerprint density at radius 1 is 1.08 bits per heavy atom. The smallest absolute Gasteiger partial charge is 0.179 e. The predicted molar refractivity (Wildman–Crippen MR) is 139 cm³/mol. The molecular formula is C28H29FN2O4S. The average Bonchev–Trinajstić information content (AvgIpc) is 2.98. The number of aromatic hydroxyl groups is 1. The Kier molecular flexibility index (Phi) is 5.95. The molecule has 0 aromatic heterocycles. The van der Waals surface area contributed by atoms with Crippen LogP contribution in [0.15, 0.2) is 71.3 Å². The first kappa shape index (κ1) is 24.2. The van der Waals surface area contributed by atoms with Crippen molar-refractivity contribution in [1.82, 2.24) is 0 Å². The Labute approximate surface area is 210 Å². The van der Waals surface area contributed by atoms with E-state index in [-0.39, 0.29) is 28.6 Å². The van der Waals surface area contributed by atoms with E-state index >= 15 is 4.39 Å². The standard InChI is InChI=1S/C28H29FN2O4S/c1-17-9-12-23(32)26-24(17)30-22-14-28(2,3)16-36(33,34)27(22)25(31-26)20-11-10-19(13-21(20)29)35-15-18-7-5-4-6-8-18/h4-13,25,30-32H,14-16H2,1-3H3. The van der Waals surface area contributed by atoms with Gasteiger partial charge in [-0.25, -0.2) is 12.8 Å². The zero-order valence-electron chi connectivity index (χ0n) is 20.4. The number of anilines is 2. The first-order chi connectivity index (χ1) is 17.0. The summed E-state index contributed by atoms with van der Waals surface area (Å²) in [5, 5.41) is 17.1. The molecule has 0 saturated heterocycles. The van der Waals surface area contributed by atoms with E-state index in [1.807, 2.05) is 51.1 Å². The molecule has 8 heteroatoms. The number of hydrogen-bond donors (Lipinski definition) is 3. The Hall–Kier alpha value is -3.52. The Morgan fingerprint density at radius 3 is 2.56 bits per heavy atom. The number of phenols is 1. The van der Waals surface area contributed by atoms with Gasteiger partial charge in [-0.3, -0.25) is 0 Å². The maximum atomic E-state index is 15.6. The number of benzene rings is 3. The third-order valence-corrected chi connectivity index (χ3v) is 8.93. The van der Waals surface area contributed by atoms with E-state index in [2.05, 4.69) is 10.6 Å². The molecule has 0 saturated carbocycles. The number of halogens is 1. The fraction of sp³-hybridized carbons (Fsp3) is 0.286. The summed E-state index contributed by atoms with van der Waals surface area (Å²) in [4.78, 5) is 0.105. The molecular weight excluding hydrogens is 479 g/mol. The molecule has 0 fully saturated rings. The lowest BCUT2D eigenvalue weighted by atomic mass is 9.88. The van der Waals surface area contributed by atoms with Gasteiger partial charge in [0.05, 0.1) is 22.4 Å². The topological polar surface area (TPSA) is 87.7 Å². The molecule has 0 radical (unpaired) electrons. The fourth-order valence-electron chi connectivity index (χ4n) is 5.01. The predicted octanol–water partition coefficient (Wildman–Crippen LogP) is 6.05. The van der Waals surface area contributed by atoms with Crippen LogP contribution in [0.4, 0.5) is 15.8 Å². The summed E-state index contributed by atoms with van der Waals surface area (Å²) in [6, 6.07) is 16.3. The Balaban J connectivity index is 1.59. The summed E-state index contributed by atoms with van der Waals surface area (Å²) in [5.74, 6) is -0.360. The van der Waals surface area contributed by atoms with Crippen LogP contribution in [-0.2, 0) is 16.4 Å². The third-order valence-electron chi connectivity index (χ3n) is 6.62. The van der Waals surface area contributed by atoms with Gasteiger partial charge < -0.3 is 20.5 Å². The largest absolute Gasteiger partial charge is 0.506 e. The molecule has 6 nitrogen and oxygen atoms in total. The molecule has 5 rings (SSSR count). The van der Waals surface area contributed by atoms with Crippen LogP contribution in [0.2, 0.25) is 0 Å². The molecule has 2 aliphatic heterocycles. The van der Waals surface area contributed by atoms with E-state index in [1.165, 1.54) is 6.07 Å². The van der Waals surface area contributed by atoms with Gasteiger partial charge in [-0.2, -0.15) is 0 Å². The van der Waals surface area contributed by atoms with Gasteiger partial charge in [0, 0.05) is 17.3 Å². The van der Waals surface area contributed by atoms with Gasteiger partial charge in [0.15, 0.2) is 9.84 Å². The molecule has 2 aliphatic rings. The maximum Gasteiger partial charge on any atom is 0.179 e. The van der Waals surface area contributed by atoms with Crippen molar-refractivity contribution in [3.63, 3.8) is 0 Å². The van der Waals surface area contributed by atoms with Gasteiger partial charge in [0.25, 0.3) is 0 Å². The van der Waals surface area contributed by atoms with Gasteiger partial charge in [-0.15, -0.1) is 0 Å². The molecule has 188 valence electrons. The van der Waals surface area contributed by atoms with Crippen molar-refractivity contribution in [3.05, 3.63) is 93.8 Å². The summed E-state index contributed by atoms with van der Waals surface area (Å²) >= 11 is 0. The van der Waals surface area contributed by atoms with Crippen molar-refractivity contribution >= 4 is 21.2 Å². The highest BCUT2D eigenvalue weighted by Crippen LogP contribution is 2.49. The highest BCUT2D eigenvalue weighted by Gasteiger charge is 2.44. The molecule has 3 aromatic rings. The van der Waals surface area contributed by atoms with E-state index in [0.717, 1.165) is 11.1 Å². The Bertz CT molecular complexity index is 1470. The van der Waals surface area contributed by atoms with Crippen molar-refractivity contribution in [2.24, 2.45) is 5.41 Å². The molecule has 36 heavy (non-hydrogen) atoms. The number of fused-ring (bicyclic) bond motifs is 1. The van der Waals surface area contributed by atoms with E-state index < -0.39 is 27.1 Å². The van der Waals surface area contributed by atoms with Crippen LogP contribution >= 0.6 is 0 Å². The summed E-state index contributed by atoms with van der Waals surface area (Å²) in [7, 11) is -3.75. The minimum absolute atomic E-state index is 0.0483. The Morgan fingerprint density at radius 2 is 1.83 bits per heavy atom. The molecule has 3 N–H and O–H groups in total. The number of nitrogens with one attached hydrogen (secondary N) is 2. The summed E-state index contributed by atoms with van der Waals surface area (Å²) in [5.41, 5.74) is 2.87. The zero-order valence-corrected chi connectivity index (χ0v) is 21.2. The first-order valence-electron chi connectivity index (χ1n) is 11.8. The van der Waals surface area contributed by atoms with Crippen LogP contribution in [0.1, 0.15) is 43.0 Å². The molecule has 3 aromatic carbocycles. The van der Waals surface area contributed by atoms with E-state index in [9.17, 15) is 13.5 Å². The number of allylic oxidation sites excluding steroid dienone is 1. The summed E-state index contributed by atoms with van der Waals surface area (Å²) in [6.45, 7) is 5.96. The quantitative estimate of drug-likeness (QED) is 0.372. The van der Waals surface area contributed by atoms with Crippen LogP contribution in [0.5, 0.6) is 11.5 Å². The second-order valence-electron chi connectivity index (χ2n) is 10.3. The first-order valence-corrected chi connectivity index (χ1v) is 13.5. The minimum atomic E-state index is -3.75. The van der Waals surface area contributed by atoms with Crippen molar-refractivity contribution in [3.8, 4) is 11.5 Å². The van der Waals surface area contributed by atoms with Crippen LogP contribution in [0, 0.1) is 18.2 Å². The van der Waals surface area contributed by atoms with Crippen molar-refractivity contribution < 1.29 is 22.7 Å². The molecule has 0 spiro atoms. The SMILES string of the molecule is Cc1ccc(O)c2c1NC1=C(C(c3ccc(OCc4ccccc4)cc3F)N2)S(=O)(=O)CC(C)(C)C1. The molecule has 1 atom stereocenters. The highest BCUT2D eigenvalue weighted by atomic mass is 32.2. The number of aryl methyl sites for hydroxylation is 1. The van der Waals surface area contributed by atoms with E-state index in [0.29, 0.717) is 29.2 Å². The second kappa shape index (κ2) is 8.85. The lowest BCUT2D eigenvalue weighted by Crippen LogP contribution is -2.35. The summed E-state index contributed by atoms with van der Waals surface area (Å²) in [6.07, 6.45) is 0.466. The minimum Gasteiger partial charge on any atom is -0.506 e. The number of sulfone groups is 1. The molecule has 0 bridgehead atoms. The van der Waals surface area contributed by atoms with Gasteiger partial charge in [0.1, 0.15) is 29.6 Å². The van der Waals surface area contributed by atoms with Gasteiger partial charge >= 0.3 is 0 Å². The highest BCUT2D eigenvalue weighted by molar-refractivity contribution is 7.95. The molecule has 0 amide bonds. The maximum absolute atomic E-state index is 15.6. The lowest BCUT2D eigenvalue weighted by Gasteiger charge is -2.34. The van der Waals surface area contributed by atoms with E-state index in [4.69, 9.17) is 4.74 Å². The number of rotatable bonds is 4. The lowest BCUT2D eigenvalue weighted by molar-refractivity contribution is 0.304. The van der Waals surface area contributed by atoms with Crippen LogP contribution in [0.3, 0.4) is 0 Å². The van der Waals surface area contributed by atoms with Crippen LogP contribution in [-0.4, -0.2) is 19.3 Å². The van der Waals surface area contributed by atoms with Gasteiger partial charge in [-0.1, -0.05) is 50.2 Å².